The van der Waals surface area contributed by atoms with Crippen LogP contribution in [-0.2, 0) is 6.54 Å². The summed E-state index contributed by atoms with van der Waals surface area (Å²) in [5.74, 6) is 0. The molecular weight excluding hydrogens is 218 g/mol. The molecule has 0 unspecified atom stereocenters. The third kappa shape index (κ3) is 2.52. The van der Waals surface area contributed by atoms with Gasteiger partial charge in [0.15, 0.2) is 0 Å². The van der Waals surface area contributed by atoms with E-state index in [9.17, 15) is 0 Å². The van der Waals surface area contributed by atoms with Gasteiger partial charge in [0, 0.05) is 11.1 Å². The first kappa shape index (κ1) is 11.0. The van der Waals surface area contributed by atoms with Crippen LogP contribution in [0.5, 0.6) is 0 Å². The maximum absolute atomic E-state index is 5.88. The zero-order chi connectivity index (χ0) is 11.5. The predicted octanol–water partition coefficient (Wildman–Crippen LogP) is 2.95. The lowest BCUT2D eigenvalue weighted by Gasteiger charge is -2.08. The van der Waals surface area contributed by atoms with Crippen LogP contribution >= 0.6 is 11.3 Å². The molecule has 1 aromatic heterocycles. The van der Waals surface area contributed by atoms with Crippen LogP contribution in [0.25, 0.3) is 0 Å². The summed E-state index contributed by atoms with van der Waals surface area (Å²) in [5.41, 5.74) is 9.91. The van der Waals surface area contributed by atoms with Crippen molar-refractivity contribution in [1.29, 1.82) is 0 Å². The van der Waals surface area contributed by atoms with Gasteiger partial charge in [0.05, 0.1) is 17.9 Å². The number of anilines is 2. The molecule has 16 heavy (non-hydrogen) atoms. The monoisotopic (exact) mass is 233 g/mol. The Hall–Kier alpha value is -1.55. The largest absolute Gasteiger partial charge is 0.397 e. The van der Waals surface area contributed by atoms with Crippen molar-refractivity contribution in [3.05, 3.63) is 39.8 Å². The van der Waals surface area contributed by atoms with Crippen LogP contribution in [0.4, 0.5) is 11.4 Å². The minimum atomic E-state index is 0.728. The maximum Gasteiger partial charge on any atom is 0.112 e. The van der Waals surface area contributed by atoms with Crippen LogP contribution < -0.4 is 11.1 Å². The number of nitrogens with two attached hydrogens (primary N) is 1. The highest BCUT2D eigenvalue weighted by Crippen LogP contribution is 2.20. The molecule has 84 valence electrons. The summed E-state index contributed by atoms with van der Waals surface area (Å²) < 4.78 is 0. The van der Waals surface area contributed by atoms with Gasteiger partial charge in [0.2, 0.25) is 0 Å². The van der Waals surface area contributed by atoms with E-state index in [-0.39, 0.29) is 0 Å². The van der Waals surface area contributed by atoms with Gasteiger partial charge in [0.1, 0.15) is 5.01 Å². The molecular formula is C12H15N3S. The summed E-state index contributed by atoms with van der Waals surface area (Å²) in [5, 5.41) is 6.44. The molecule has 0 fully saturated rings. The first-order valence-corrected chi connectivity index (χ1v) is 6.04. The molecule has 0 aliphatic carbocycles. The Morgan fingerprint density at radius 3 is 2.88 bits per heavy atom. The molecule has 4 heteroatoms. The second-order valence-electron chi connectivity index (χ2n) is 3.83. The van der Waals surface area contributed by atoms with E-state index in [2.05, 4.69) is 28.7 Å². The van der Waals surface area contributed by atoms with Crippen LogP contribution in [0.3, 0.4) is 0 Å². The van der Waals surface area contributed by atoms with E-state index >= 15 is 0 Å². The Morgan fingerprint density at radius 1 is 1.38 bits per heavy atom. The zero-order valence-electron chi connectivity index (χ0n) is 9.45. The Balaban J connectivity index is 2.07. The summed E-state index contributed by atoms with van der Waals surface area (Å²) in [4.78, 5) is 4.39. The summed E-state index contributed by atoms with van der Waals surface area (Å²) in [7, 11) is 0. The van der Waals surface area contributed by atoms with Crippen molar-refractivity contribution in [2.45, 2.75) is 20.4 Å². The molecule has 2 aromatic rings. The fourth-order valence-corrected chi connectivity index (χ4v) is 2.19. The smallest absolute Gasteiger partial charge is 0.112 e. The van der Waals surface area contributed by atoms with Gasteiger partial charge < -0.3 is 11.1 Å². The Bertz CT molecular complexity index is 491. The van der Waals surface area contributed by atoms with Crippen LogP contribution in [0, 0.1) is 13.8 Å². The van der Waals surface area contributed by atoms with E-state index in [1.54, 1.807) is 11.3 Å². The molecule has 0 aliphatic rings. The van der Waals surface area contributed by atoms with Gasteiger partial charge in [-0.1, -0.05) is 6.07 Å². The van der Waals surface area contributed by atoms with Crippen molar-refractivity contribution in [2.75, 3.05) is 11.1 Å². The third-order valence-corrected chi connectivity index (χ3v) is 3.27. The van der Waals surface area contributed by atoms with E-state index in [4.69, 9.17) is 5.73 Å². The van der Waals surface area contributed by atoms with E-state index in [0.29, 0.717) is 0 Å². The number of nitrogens with zero attached hydrogens (tertiary/aromatic N) is 1. The van der Waals surface area contributed by atoms with Gasteiger partial charge in [0.25, 0.3) is 0 Å². The van der Waals surface area contributed by atoms with Crippen molar-refractivity contribution in [1.82, 2.24) is 4.98 Å². The highest BCUT2D eigenvalue weighted by Gasteiger charge is 2.01. The van der Waals surface area contributed by atoms with Gasteiger partial charge in [-0.3, -0.25) is 0 Å². The van der Waals surface area contributed by atoms with Crippen LogP contribution in [0.2, 0.25) is 0 Å². The Kier molecular flexibility index (Phi) is 3.10. The Labute approximate surface area is 99.3 Å². The SMILES string of the molecule is Cc1ccc(N)c(NCc2nc(C)cs2)c1. The number of hydrogen-bond donors (Lipinski definition) is 2. The van der Waals surface area contributed by atoms with Crippen LogP contribution in [0.1, 0.15) is 16.3 Å². The lowest BCUT2D eigenvalue weighted by molar-refractivity contribution is 1.08. The lowest BCUT2D eigenvalue weighted by Crippen LogP contribution is -2.02. The molecule has 0 aliphatic heterocycles. The van der Waals surface area contributed by atoms with E-state index in [1.807, 2.05) is 19.1 Å². The van der Waals surface area contributed by atoms with Gasteiger partial charge in [-0.25, -0.2) is 4.98 Å². The average Bonchev–Trinajstić information content (AvgIpc) is 2.66. The molecule has 0 bridgehead atoms. The van der Waals surface area contributed by atoms with E-state index in [1.165, 1.54) is 5.56 Å². The van der Waals surface area contributed by atoms with Crippen LogP contribution in [0.15, 0.2) is 23.6 Å². The van der Waals surface area contributed by atoms with Gasteiger partial charge in [-0.05, 0) is 31.5 Å². The molecule has 1 aromatic carbocycles. The van der Waals surface area contributed by atoms with E-state index < -0.39 is 0 Å². The molecule has 2 rings (SSSR count). The van der Waals surface area contributed by atoms with Gasteiger partial charge in [-0.15, -0.1) is 11.3 Å². The van der Waals surface area contributed by atoms with Gasteiger partial charge >= 0.3 is 0 Å². The molecule has 3 N–H and O–H groups in total. The second-order valence-corrected chi connectivity index (χ2v) is 4.77. The van der Waals surface area contributed by atoms with Crippen molar-refractivity contribution in [3.63, 3.8) is 0 Å². The first-order chi connectivity index (χ1) is 7.65. The summed E-state index contributed by atoms with van der Waals surface area (Å²) in [6.45, 7) is 4.78. The number of aromatic nitrogens is 1. The molecule has 0 saturated carbocycles. The normalized spacial score (nSPS) is 10.4. The Morgan fingerprint density at radius 2 is 2.19 bits per heavy atom. The maximum atomic E-state index is 5.88. The lowest BCUT2D eigenvalue weighted by atomic mass is 10.2. The molecule has 1 heterocycles. The molecule has 0 saturated heterocycles. The van der Waals surface area contributed by atoms with E-state index in [0.717, 1.165) is 28.6 Å². The van der Waals surface area contributed by atoms with Crippen molar-refractivity contribution in [2.24, 2.45) is 0 Å². The first-order valence-electron chi connectivity index (χ1n) is 5.16. The number of hydrogen-bond acceptors (Lipinski definition) is 4. The standard InChI is InChI=1S/C12H15N3S/c1-8-3-4-10(13)11(5-8)14-6-12-15-9(2)7-16-12/h3-5,7,14H,6,13H2,1-2H3. The predicted molar refractivity (Wildman–Crippen MR) is 69.8 cm³/mol. The van der Waals surface area contributed by atoms with Crippen molar-refractivity contribution < 1.29 is 0 Å². The number of rotatable bonds is 3. The molecule has 0 atom stereocenters. The number of aryl methyl sites for hydroxylation is 2. The highest BCUT2D eigenvalue weighted by atomic mass is 32.1. The molecule has 3 nitrogen and oxygen atoms in total. The fraction of sp³-hybridized carbons (Fsp3) is 0.250. The summed E-state index contributed by atoms with van der Waals surface area (Å²) >= 11 is 1.66. The van der Waals surface area contributed by atoms with Crippen LogP contribution in [-0.4, -0.2) is 4.98 Å². The third-order valence-electron chi connectivity index (χ3n) is 2.31. The van der Waals surface area contributed by atoms with Crippen molar-refractivity contribution >= 4 is 22.7 Å². The molecule has 0 radical (unpaired) electrons. The topological polar surface area (TPSA) is 50.9 Å². The molecule has 0 amide bonds. The second kappa shape index (κ2) is 4.53. The molecule has 0 spiro atoms. The summed E-state index contributed by atoms with van der Waals surface area (Å²) in [6.07, 6.45) is 0. The number of benzene rings is 1. The number of thiazole rings is 1. The summed E-state index contributed by atoms with van der Waals surface area (Å²) in [6, 6.07) is 5.98. The van der Waals surface area contributed by atoms with Crippen molar-refractivity contribution in [3.8, 4) is 0 Å². The van der Waals surface area contributed by atoms with Gasteiger partial charge in [-0.2, -0.15) is 0 Å². The zero-order valence-corrected chi connectivity index (χ0v) is 10.3. The fourth-order valence-electron chi connectivity index (χ4n) is 1.48. The minimum absolute atomic E-state index is 0.728. The average molecular weight is 233 g/mol. The quantitative estimate of drug-likeness (QED) is 0.801. The minimum Gasteiger partial charge on any atom is -0.397 e. The number of nitrogen functional groups attached to an aromatic ring is 1. The number of nitrogens with one attached hydrogen (secondary N) is 1. The highest BCUT2D eigenvalue weighted by molar-refractivity contribution is 7.09.